The molecule has 1 amide bonds. The van der Waals surface area contributed by atoms with E-state index in [1.54, 1.807) is 13.8 Å². The highest BCUT2D eigenvalue weighted by Crippen LogP contribution is 2.27. The first-order chi connectivity index (χ1) is 15.2. The maximum absolute atomic E-state index is 12.7. The van der Waals surface area contributed by atoms with Crippen LogP contribution in [-0.4, -0.2) is 68.3 Å². The van der Waals surface area contributed by atoms with Crippen LogP contribution >= 0.6 is 0 Å². The van der Waals surface area contributed by atoms with Crippen molar-refractivity contribution < 1.29 is 33.3 Å². The Bertz CT molecular complexity index is 741. The highest BCUT2D eigenvalue weighted by Gasteiger charge is 2.31. The number of morpholine rings is 1. The molecule has 1 aromatic rings. The average molecular weight is 453 g/mol. The number of carbonyl (C=O) groups excluding carboxylic acids is 2. The van der Waals surface area contributed by atoms with Gasteiger partial charge in [0, 0.05) is 12.5 Å². The van der Waals surface area contributed by atoms with Gasteiger partial charge in [0.05, 0.1) is 19.8 Å². The number of benzene rings is 1. The van der Waals surface area contributed by atoms with Crippen molar-refractivity contribution >= 4 is 12.1 Å². The molecule has 0 bridgehead atoms. The summed E-state index contributed by atoms with van der Waals surface area (Å²) in [6, 6.07) is 6.62. The monoisotopic (exact) mass is 452 g/mol. The van der Waals surface area contributed by atoms with Gasteiger partial charge >= 0.3 is 12.1 Å². The van der Waals surface area contributed by atoms with Crippen LogP contribution in [0, 0.1) is 11.8 Å². The molecule has 1 aliphatic heterocycles. The van der Waals surface area contributed by atoms with Gasteiger partial charge in [-0.2, -0.15) is 0 Å². The van der Waals surface area contributed by atoms with Crippen LogP contribution < -0.4 is 15.2 Å². The van der Waals surface area contributed by atoms with Gasteiger partial charge in [-0.15, -0.1) is 0 Å². The third-order valence-electron chi connectivity index (χ3n) is 4.95. The van der Waals surface area contributed by atoms with Crippen molar-refractivity contribution in [2.45, 2.75) is 53.1 Å². The molecule has 1 heterocycles. The number of nitrogens with zero attached hydrogens (tertiary/aromatic N) is 1. The predicted octanol–water partition coefficient (Wildman–Crippen LogP) is 2.81. The van der Waals surface area contributed by atoms with Gasteiger partial charge in [0.1, 0.15) is 18.8 Å². The lowest BCUT2D eigenvalue weighted by Crippen LogP contribution is -2.49. The third kappa shape index (κ3) is 7.56. The first-order valence-electron chi connectivity index (χ1n) is 11.1. The fourth-order valence-corrected chi connectivity index (χ4v) is 2.95. The van der Waals surface area contributed by atoms with E-state index in [-0.39, 0.29) is 24.5 Å². The normalized spacial score (nSPS) is 18.2. The Kier molecular flexibility index (Phi) is 10.1. The van der Waals surface area contributed by atoms with E-state index < -0.39 is 24.4 Å². The van der Waals surface area contributed by atoms with Crippen LogP contribution in [0.25, 0.3) is 0 Å². The summed E-state index contributed by atoms with van der Waals surface area (Å²) >= 11 is 0. The van der Waals surface area contributed by atoms with Gasteiger partial charge in [0.2, 0.25) is 0 Å². The van der Waals surface area contributed by atoms with Crippen LogP contribution in [0.1, 0.15) is 34.6 Å². The molecule has 3 unspecified atom stereocenters. The van der Waals surface area contributed by atoms with E-state index in [1.807, 2.05) is 45.0 Å². The number of para-hydroxylation sites is 2. The molecule has 0 saturated carbocycles. The number of ether oxygens (including phenoxy) is 5. The molecule has 0 aromatic heterocycles. The summed E-state index contributed by atoms with van der Waals surface area (Å²) in [7, 11) is 0. The van der Waals surface area contributed by atoms with E-state index >= 15 is 0 Å². The summed E-state index contributed by atoms with van der Waals surface area (Å²) in [5, 5.41) is 0. The molecule has 1 aromatic carbocycles. The first-order valence-corrected chi connectivity index (χ1v) is 11.1. The number of esters is 1. The molecule has 1 saturated heterocycles. The van der Waals surface area contributed by atoms with Crippen molar-refractivity contribution in [3.05, 3.63) is 24.3 Å². The molecule has 3 atom stereocenters. The van der Waals surface area contributed by atoms with E-state index in [9.17, 15) is 9.59 Å². The number of rotatable bonds is 10. The minimum Gasteiger partial charge on any atom is -0.490 e. The molecule has 2 N–H and O–H groups in total. The maximum atomic E-state index is 12.7. The van der Waals surface area contributed by atoms with Crippen LogP contribution in [0.2, 0.25) is 0 Å². The topological polar surface area (TPSA) is 110 Å². The van der Waals surface area contributed by atoms with E-state index in [2.05, 4.69) is 0 Å². The summed E-state index contributed by atoms with van der Waals surface area (Å²) in [4.78, 5) is 26.5. The number of nitrogens with two attached hydrogens (primary N) is 1. The second-order valence-electron chi connectivity index (χ2n) is 8.33. The number of hydrogen-bond donors (Lipinski definition) is 1. The van der Waals surface area contributed by atoms with Gasteiger partial charge in [-0.1, -0.05) is 39.8 Å². The highest BCUT2D eigenvalue weighted by atomic mass is 16.7. The van der Waals surface area contributed by atoms with E-state index in [4.69, 9.17) is 29.4 Å². The molecule has 0 spiro atoms. The van der Waals surface area contributed by atoms with Crippen LogP contribution in [0.5, 0.6) is 11.5 Å². The summed E-state index contributed by atoms with van der Waals surface area (Å²) in [5.74, 6) is 0.373. The smallest absolute Gasteiger partial charge is 0.413 e. The van der Waals surface area contributed by atoms with Gasteiger partial charge in [-0.25, -0.2) is 4.79 Å². The number of hydrogen-bond acceptors (Lipinski definition) is 8. The van der Waals surface area contributed by atoms with Crippen LogP contribution in [0.15, 0.2) is 24.3 Å². The van der Waals surface area contributed by atoms with E-state index in [1.165, 1.54) is 4.90 Å². The lowest BCUT2D eigenvalue weighted by Gasteiger charge is -2.33. The molecular weight excluding hydrogens is 416 g/mol. The van der Waals surface area contributed by atoms with Gasteiger partial charge < -0.3 is 34.3 Å². The fraction of sp³-hybridized carbons (Fsp3) is 0.652. The Labute approximate surface area is 190 Å². The van der Waals surface area contributed by atoms with Crippen molar-refractivity contribution in [3.63, 3.8) is 0 Å². The van der Waals surface area contributed by atoms with Crippen LogP contribution in [0.4, 0.5) is 4.79 Å². The summed E-state index contributed by atoms with van der Waals surface area (Å²) in [6.45, 7) is 11.0. The Morgan fingerprint density at radius 1 is 1.09 bits per heavy atom. The van der Waals surface area contributed by atoms with Crippen LogP contribution in [-0.2, 0) is 19.0 Å². The van der Waals surface area contributed by atoms with Crippen molar-refractivity contribution in [2.75, 3.05) is 32.9 Å². The van der Waals surface area contributed by atoms with Crippen molar-refractivity contribution in [1.29, 1.82) is 0 Å². The summed E-state index contributed by atoms with van der Waals surface area (Å²) in [6.07, 6.45) is -1.92. The Balaban J connectivity index is 1.91. The van der Waals surface area contributed by atoms with Gasteiger partial charge in [-0.05, 0) is 25.0 Å². The Morgan fingerprint density at radius 3 is 2.34 bits per heavy atom. The number of carbonyl (C=O) groups is 2. The standard InChI is InChI=1S/C23H36N2O7/c1-6-28-18-9-7-8-10-19(18)30-14-17-13-25(11-12-29-17)23(27)32-22(16(4)5)31-21(26)20(24)15(2)3/h7-10,15-17,20,22H,6,11-14,24H2,1-5H3. The Morgan fingerprint density at radius 2 is 1.75 bits per heavy atom. The fourth-order valence-electron chi connectivity index (χ4n) is 2.95. The van der Waals surface area contributed by atoms with Crippen molar-refractivity contribution in [3.8, 4) is 11.5 Å². The average Bonchev–Trinajstić information content (AvgIpc) is 2.77. The molecule has 9 nitrogen and oxygen atoms in total. The molecule has 1 fully saturated rings. The summed E-state index contributed by atoms with van der Waals surface area (Å²) < 4.78 is 28.0. The predicted molar refractivity (Wildman–Crippen MR) is 118 cm³/mol. The van der Waals surface area contributed by atoms with Crippen molar-refractivity contribution in [2.24, 2.45) is 17.6 Å². The lowest BCUT2D eigenvalue weighted by molar-refractivity contribution is -0.180. The minimum absolute atomic E-state index is 0.0844. The molecule has 32 heavy (non-hydrogen) atoms. The second kappa shape index (κ2) is 12.5. The molecule has 180 valence electrons. The van der Waals surface area contributed by atoms with Gasteiger partial charge in [-0.3, -0.25) is 4.79 Å². The minimum atomic E-state index is -1.02. The zero-order valence-electron chi connectivity index (χ0n) is 19.6. The molecule has 9 heteroatoms. The molecule has 0 aliphatic carbocycles. The molecular formula is C23H36N2O7. The quantitative estimate of drug-likeness (QED) is 0.426. The zero-order chi connectivity index (χ0) is 23.7. The molecule has 0 radical (unpaired) electrons. The van der Waals surface area contributed by atoms with Crippen LogP contribution in [0.3, 0.4) is 0 Å². The zero-order valence-corrected chi connectivity index (χ0v) is 19.6. The third-order valence-corrected chi connectivity index (χ3v) is 4.95. The Hall–Kier alpha value is -2.52. The SMILES string of the molecule is CCOc1ccccc1OCC1CN(C(=O)OC(OC(=O)C(N)C(C)C)C(C)C)CCO1. The first kappa shape index (κ1) is 25.7. The van der Waals surface area contributed by atoms with Gasteiger partial charge in [0.15, 0.2) is 11.5 Å². The van der Waals surface area contributed by atoms with E-state index in [0.29, 0.717) is 37.8 Å². The second-order valence-corrected chi connectivity index (χ2v) is 8.33. The summed E-state index contributed by atoms with van der Waals surface area (Å²) in [5.41, 5.74) is 5.85. The van der Waals surface area contributed by atoms with Gasteiger partial charge in [0.25, 0.3) is 6.29 Å². The maximum Gasteiger partial charge on any atom is 0.413 e. The van der Waals surface area contributed by atoms with Crippen molar-refractivity contribution in [1.82, 2.24) is 4.90 Å². The molecule has 2 rings (SSSR count). The molecule has 1 aliphatic rings. The van der Waals surface area contributed by atoms with E-state index in [0.717, 1.165) is 0 Å². The number of amides is 1. The lowest BCUT2D eigenvalue weighted by atomic mass is 10.1. The largest absolute Gasteiger partial charge is 0.490 e. The highest BCUT2D eigenvalue weighted by molar-refractivity contribution is 5.76.